The zero-order valence-corrected chi connectivity index (χ0v) is 13.7. The third-order valence-corrected chi connectivity index (χ3v) is 6.16. The van der Waals surface area contributed by atoms with E-state index in [1.807, 2.05) is 6.92 Å². The van der Waals surface area contributed by atoms with Crippen LogP contribution in [0.2, 0.25) is 0 Å². The molecule has 2 aliphatic heterocycles. The Kier molecular flexibility index (Phi) is 2.95. The first-order valence-electron chi connectivity index (χ1n) is 8.26. The van der Waals surface area contributed by atoms with E-state index in [4.69, 9.17) is 9.47 Å². The van der Waals surface area contributed by atoms with E-state index >= 15 is 0 Å². The normalized spacial score (nSPS) is 49.0. The number of aliphatic hydroxyl groups excluding tert-OH is 1. The molecule has 1 saturated carbocycles. The second-order valence-corrected chi connectivity index (χ2v) is 8.38. The van der Waals surface area contributed by atoms with Crippen molar-refractivity contribution in [1.29, 1.82) is 0 Å². The fourth-order valence-electron chi connectivity index (χ4n) is 5.13. The second kappa shape index (κ2) is 4.36. The van der Waals surface area contributed by atoms with Crippen LogP contribution in [0, 0.1) is 11.8 Å². The van der Waals surface area contributed by atoms with Gasteiger partial charge in [0.1, 0.15) is 17.5 Å². The lowest BCUT2D eigenvalue weighted by Crippen LogP contribution is -2.51. The first-order chi connectivity index (χ1) is 10.6. The zero-order chi connectivity index (χ0) is 16.8. The second-order valence-electron chi connectivity index (χ2n) is 8.38. The molecule has 0 aromatic carbocycles. The summed E-state index contributed by atoms with van der Waals surface area (Å²) in [6.07, 6.45) is -0.0260. The van der Waals surface area contributed by atoms with Crippen LogP contribution >= 0.6 is 0 Å². The molecule has 0 amide bonds. The molecule has 4 rings (SSSR count). The largest absolute Gasteiger partial charge is 0.488 e. The topological polar surface area (TPSA) is 96.2 Å². The molecule has 0 unspecified atom stereocenters. The van der Waals surface area contributed by atoms with Gasteiger partial charge in [-0.25, -0.2) is 0 Å². The highest BCUT2D eigenvalue weighted by Gasteiger charge is 2.63. The maximum atomic E-state index is 12.7. The molecule has 6 atom stereocenters. The van der Waals surface area contributed by atoms with Crippen LogP contribution in [0.3, 0.4) is 0 Å². The number of carbonyl (C=O) groups is 1. The molecule has 0 aromatic heterocycles. The molecule has 0 aromatic rings. The average molecular weight is 324 g/mol. The summed E-state index contributed by atoms with van der Waals surface area (Å²) in [5.74, 6) is -0.357. The molecule has 1 saturated heterocycles. The van der Waals surface area contributed by atoms with Gasteiger partial charge in [0.05, 0.1) is 18.3 Å². The molecular formula is C17H24O6. The highest BCUT2D eigenvalue weighted by molar-refractivity contribution is 6.04. The Labute approximate surface area is 135 Å². The number of ether oxygens (including phenoxy) is 2. The van der Waals surface area contributed by atoms with Crippen molar-refractivity contribution < 1.29 is 29.6 Å². The third-order valence-electron chi connectivity index (χ3n) is 6.16. The number of fused-ring (bicyclic) bond motifs is 4. The Bertz CT molecular complexity index is 605. The lowest BCUT2D eigenvalue weighted by molar-refractivity contribution is -0.137. The first-order valence-corrected chi connectivity index (χ1v) is 8.26. The van der Waals surface area contributed by atoms with Gasteiger partial charge >= 0.3 is 0 Å². The maximum Gasteiger partial charge on any atom is 0.196 e. The van der Waals surface area contributed by atoms with Crippen LogP contribution in [0.15, 0.2) is 11.3 Å². The Hall–Kier alpha value is -0.950. The van der Waals surface area contributed by atoms with Crippen molar-refractivity contribution in [3.63, 3.8) is 0 Å². The zero-order valence-electron chi connectivity index (χ0n) is 13.7. The molecule has 0 radical (unpaired) electrons. The maximum absolute atomic E-state index is 12.7. The van der Waals surface area contributed by atoms with Crippen LogP contribution in [0.5, 0.6) is 0 Å². The quantitative estimate of drug-likeness (QED) is 0.642. The monoisotopic (exact) mass is 324 g/mol. The van der Waals surface area contributed by atoms with Crippen LogP contribution in [0.1, 0.15) is 40.0 Å². The van der Waals surface area contributed by atoms with Crippen molar-refractivity contribution in [2.75, 3.05) is 6.61 Å². The predicted octanol–water partition coefficient (Wildman–Crippen LogP) is 0.290. The molecular weight excluding hydrogens is 300 g/mol. The van der Waals surface area contributed by atoms with Gasteiger partial charge < -0.3 is 24.8 Å². The van der Waals surface area contributed by atoms with Crippen LogP contribution in [-0.4, -0.2) is 56.7 Å². The van der Waals surface area contributed by atoms with Gasteiger partial charge in [-0.1, -0.05) is 0 Å². The van der Waals surface area contributed by atoms with Crippen molar-refractivity contribution in [3.8, 4) is 0 Å². The summed E-state index contributed by atoms with van der Waals surface area (Å²) in [6.45, 7) is 5.29. The fourth-order valence-corrected chi connectivity index (χ4v) is 5.13. The lowest BCUT2D eigenvalue weighted by atomic mass is 9.70. The van der Waals surface area contributed by atoms with E-state index in [2.05, 4.69) is 0 Å². The Balaban J connectivity index is 1.76. The summed E-state index contributed by atoms with van der Waals surface area (Å²) < 4.78 is 11.8. The van der Waals surface area contributed by atoms with E-state index in [0.29, 0.717) is 24.2 Å². The number of ketones is 1. The molecule has 2 aliphatic carbocycles. The van der Waals surface area contributed by atoms with Crippen molar-refractivity contribution in [2.24, 2.45) is 11.8 Å². The van der Waals surface area contributed by atoms with E-state index in [1.54, 1.807) is 13.8 Å². The van der Waals surface area contributed by atoms with Gasteiger partial charge in [-0.05, 0) is 27.2 Å². The predicted molar refractivity (Wildman–Crippen MR) is 79.3 cm³/mol. The van der Waals surface area contributed by atoms with E-state index < -0.39 is 22.9 Å². The summed E-state index contributed by atoms with van der Waals surface area (Å²) in [6, 6.07) is 0. The van der Waals surface area contributed by atoms with E-state index in [0.717, 1.165) is 0 Å². The third kappa shape index (κ3) is 1.98. The van der Waals surface area contributed by atoms with Crippen molar-refractivity contribution in [3.05, 3.63) is 11.3 Å². The summed E-state index contributed by atoms with van der Waals surface area (Å²) in [5.41, 5.74) is -2.67. The minimum absolute atomic E-state index is 0.00574. The number of Topliss-reactive ketones (excluding diaryl/α,β-unsaturated/α-hetero) is 1. The highest BCUT2D eigenvalue weighted by Crippen LogP contribution is 2.56. The smallest absolute Gasteiger partial charge is 0.196 e. The summed E-state index contributed by atoms with van der Waals surface area (Å²) in [5, 5.41) is 31.4. The molecule has 128 valence electrons. The van der Waals surface area contributed by atoms with E-state index in [9.17, 15) is 20.1 Å². The van der Waals surface area contributed by atoms with Gasteiger partial charge in [0.25, 0.3) is 0 Å². The molecule has 2 heterocycles. The van der Waals surface area contributed by atoms with Crippen LogP contribution in [0.4, 0.5) is 0 Å². The van der Waals surface area contributed by atoms with Crippen molar-refractivity contribution in [2.45, 2.75) is 69.0 Å². The number of hydrogen-bond acceptors (Lipinski definition) is 6. The van der Waals surface area contributed by atoms with Crippen LogP contribution in [0.25, 0.3) is 0 Å². The number of carbonyl (C=O) groups excluding carboxylic acids is 1. The van der Waals surface area contributed by atoms with Gasteiger partial charge in [0.15, 0.2) is 11.4 Å². The number of hydrogen-bond donors (Lipinski definition) is 3. The van der Waals surface area contributed by atoms with Crippen molar-refractivity contribution in [1.82, 2.24) is 0 Å². The minimum Gasteiger partial charge on any atom is -0.488 e. The Morgan fingerprint density at radius 1 is 1.30 bits per heavy atom. The molecule has 23 heavy (non-hydrogen) atoms. The van der Waals surface area contributed by atoms with Gasteiger partial charge in [-0.15, -0.1) is 0 Å². The minimum atomic E-state index is -1.44. The molecule has 4 aliphatic rings. The summed E-state index contributed by atoms with van der Waals surface area (Å²) >= 11 is 0. The molecule has 6 heteroatoms. The average Bonchev–Trinajstić information content (AvgIpc) is 2.90. The molecule has 6 nitrogen and oxygen atoms in total. The first kappa shape index (κ1) is 15.6. The number of aliphatic hydroxyl groups is 3. The molecule has 0 spiro atoms. The SMILES string of the molecule is CC(C)(O)[C@@H]1[C@H](O)C[C@@]2(C)OC3=C(C[C@@H]12)C(=O)[C@]1(O)CO[C@H]3C1. The van der Waals surface area contributed by atoms with Crippen LogP contribution in [-0.2, 0) is 14.3 Å². The van der Waals surface area contributed by atoms with Gasteiger partial charge in [-0.3, -0.25) is 4.79 Å². The van der Waals surface area contributed by atoms with Crippen molar-refractivity contribution >= 4 is 5.78 Å². The van der Waals surface area contributed by atoms with Gasteiger partial charge in [0.2, 0.25) is 0 Å². The van der Waals surface area contributed by atoms with Crippen LogP contribution < -0.4 is 0 Å². The highest BCUT2D eigenvalue weighted by atomic mass is 16.6. The summed E-state index contributed by atoms with van der Waals surface area (Å²) in [4.78, 5) is 12.7. The molecule has 3 N–H and O–H groups in total. The van der Waals surface area contributed by atoms with Gasteiger partial charge in [-0.2, -0.15) is 0 Å². The molecule has 2 fully saturated rings. The van der Waals surface area contributed by atoms with E-state index in [1.165, 1.54) is 0 Å². The fraction of sp³-hybridized carbons (Fsp3) is 0.824. The Morgan fingerprint density at radius 3 is 2.65 bits per heavy atom. The number of rotatable bonds is 1. The Morgan fingerprint density at radius 2 is 2.00 bits per heavy atom. The van der Waals surface area contributed by atoms with Gasteiger partial charge in [0, 0.05) is 30.3 Å². The summed E-state index contributed by atoms with van der Waals surface area (Å²) in [7, 11) is 0. The molecule has 2 bridgehead atoms. The lowest BCUT2D eigenvalue weighted by Gasteiger charge is -2.45. The van der Waals surface area contributed by atoms with E-state index in [-0.39, 0.29) is 36.8 Å². The standard InChI is InChI=1S/C17H24O6/c1-15(2,20)12-9-4-8-13(23-16(9,3)5-10(12)18)11-6-17(21,7-22-11)14(8)19/h9-12,18,20-21H,4-7H2,1-3H3/t9-,10+,11-,12-,16+,17+/m0/s1.